The first kappa shape index (κ1) is 19.7. The summed E-state index contributed by atoms with van der Waals surface area (Å²) in [4.78, 5) is 12.8. The predicted molar refractivity (Wildman–Crippen MR) is 105 cm³/mol. The van der Waals surface area contributed by atoms with Gasteiger partial charge in [0, 0.05) is 17.3 Å². The molecule has 1 aliphatic rings. The molecule has 1 N–H and O–H groups in total. The van der Waals surface area contributed by atoms with Crippen molar-refractivity contribution in [1.82, 2.24) is 4.31 Å². The van der Waals surface area contributed by atoms with Gasteiger partial charge in [0.15, 0.2) is 0 Å². The smallest absolute Gasteiger partial charge is 0.243 e. The summed E-state index contributed by atoms with van der Waals surface area (Å²) in [6.45, 7) is 2.68. The minimum Gasteiger partial charge on any atom is -0.494 e. The van der Waals surface area contributed by atoms with Crippen LogP contribution in [0.1, 0.15) is 19.8 Å². The Balaban J connectivity index is 1.77. The number of amides is 1. The third-order valence-corrected chi connectivity index (χ3v) is 6.53. The van der Waals surface area contributed by atoms with Crippen LogP contribution in [-0.2, 0) is 14.8 Å². The number of sulfonamides is 1. The monoisotopic (exact) mass is 408 g/mol. The number of ether oxygens (including phenoxy) is 1. The summed E-state index contributed by atoms with van der Waals surface area (Å²) in [7, 11) is -3.77. The lowest BCUT2D eigenvalue weighted by atomic mass is 10.2. The summed E-state index contributed by atoms with van der Waals surface area (Å²) >= 11 is 5.85. The van der Waals surface area contributed by atoms with E-state index >= 15 is 0 Å². The van der Waals surface area contributed by atoms with Gasteiger partial charge in [0.2, 0.25) is 15.9 Å². The number of nitrogens with one attached hydrogen (secondary N) is 1. The fourth-order valence-corrected chi connectivity index (χ4v) is 4.84. The molecule has 6 nitrogen and oxygen atoms in total. The maximum absolute atomic E-state index is 13.0. The van der Waals surface area contributed by atoms with Crippen LogP contribution in [0.3, 0.4) is 0 Å². The fourth-order valence-electron chi connectivity index (χ4n) is 3.06. The van der Waals surface area contributed by atoms with Crippen LogP contribution in [0.25, 0.3) is 0 Å². The van der Waals surface area contributed by atoms with Crippen molar-refractivity contribution in [3.8, 4) is 5.75 Å². The van der Waals surface area contributed by atoms with Crippen LogP contribution in [0.2, 0.25) is 5.02 Å². The zero-order chi connectivity index (χ0) is 19.4. The van der Waals surface area contributed by atoms with Crippen molar-refractivity contribution in [1.29, 1.82) is 0 Å². The molecule has 27 heavy (non-hydrogen) atoms. The molecule has 1 aliphatic heterocycles. The van der Waals surface area contributed by atoms with E-state index in [9.17, 15) is 13.2 Å². The average Bonchev–Trinajstić information content (AvgIpc) is 3.15. The van der Waals surface area contributed by atoms with Gasteiger partial charge in [-0.15, -0.1) is 0 Å². The Hall–Kier alpha value is -2.09. The number of hydrogen-bond acceptors (Lipinski definition) is 4. The molecule has 8 heteroatoms. The normalized spacial score (nSPS) is 17.6. The largest absolute Gasteiger partial charge is 0.494 e. The zero-order valence-corrected chi connectivity index (χ0v) is 16.5. The quantitative estimate of drug-likeness (QED) is 0.793. The third kappa shape index (κ3) is 4.43. The number of carbonyl (C=O) groups is 1. The first-order chi connectivity index (χ1) is 12.9. The maximum atomic E-state index is 13.0. The number of halogens is 1. The van der Waals surface area contributed by atoms with Gasteiger partial charge in [0.25, 0.3) is 0 Å². The number of anilines is 1. The second-order valence-corrected chi connectivity index (χ2v) is 8.50. The molecule has 0 aromatic heterocycles. The van der Waals surface area contributed by atoms with E-state index in [-0.39, 0.29) is 10.8 Å². The summed E-state index contributed by atoms with van der Waals surface area (Å²) in [6.07, 6.45) is 1.12. The highest BCUT2D eigenvalue weighted by atomic mass is 35.5. The molecule has 3 rings (SSSR count). The van der Waals surface area contributed by atoms with Crippen LogP contribution in [-0.4, -0.2) is 37.8 Å². The molecule has 1 atom stereocenters. The molecular weight excluding hydrogens is 388 g/mol. The highest BCUT2D eigenvalue weighted by Crippen LogP contribution is 2.28. The van der Waals surface area contributed by atoms with E-state index in [1.807, 2.05) is 6.92 Å². The van der Waals surface area contributed by atoms with E-state index < -0.39 is 16.1 Å². The van der Waals surface area contributed by atoms with E-state index in [4.69, 9.17) is 16.3 Å². The zero-order valence-electron chi connectivity index (χ0n) is 14.9. The molecule has 1 heterocycles. The van der Waals surface area contributed by atoms with Crippen LogP contribution in [0.15, 0.2) is 53.4 Å². The summed E-state index contributed by atoms with van der Waals surface area (Å²) in [5.41, 5.74) is 0.578. The third-order valence-electron chi connectivity index (χ3n) is 4.36. The Kier molecular flexibility index (Phi) is 6.04. The Bertz CT molecular complexity index is 898. The van der Waals surface area contributed by atoms with Crippen LogP contribution in [0.5, 0.6) is 5.75 Å². The lowest BCUT2D eigenvalue weighted by molar-refractivity contribution is -0.119. The van der Waals surface area contributed by atoms with Gasteiger partial charge in [-0.2, -0.15) is 4.31 Å². The maximum Gasteiger partial charge on any atom is 0.243 e. The first-order valence-corrected chi connectivity index (χ1v) is 10.5. The Morgan fingerprint density at radius 3 is 2.48 bits per heavy atom. The minimum absolute atomic E-state index is 0.150. The number of hydrogen-bond donors (Lipinski definition) is 1. The lowest BCUT2D eigenvalue weighted by Crippen LogP contribution is -2.43. The second kappa shape index (κ2) is 8.29. The van der Waals surface area contributed by atoms with Crippen molar-refractivity contribution < 1.29 is 17.9 Å². The minimum atomic E-state index is -3.77. The van der Waals surface area contributed by atoms with Crippen LogP contribution in [0.4, 0.5) is 5.69 Å². The molecule has 0 aliphatic carbocycles. The Labute approximate surface area is 164 Å². The molecule has 1 fully saturated rings. The lowest BCUT2D eigenvalue weighted by Gasteiger charge is -2.23. The van der Waals surface area contributed by atoms with Crippen molar-refractivity contribution in [3.05, 3.63) is 53.6 Å². The van der Waals surface area contributed by atoms with E-state index in [2.05, 4.69) is 5.32 Å². The highest BCUT2D eigenvalue weighted by Gasteiger charge is 2.39. The standard InChI is InChI=1S/C19H21ClN2O4S/c1-2-26-16-9-11-17(12-10-16)27(24,25)22-13-3-4-18(22)19(23)21-15-7-5-14(20)6-8-15/h5-12,18H,2-4,13H2,1H3,(H,21,23)/t18-/m0/s1. The van der Waals surface area contributed by atoms with Gasteiger partial charge in [-0.3, -0.25) is 4.79 Å². The second-order valence-electron chi connectivity index (χ2n) is 6.17. The van der Waals surface area contributed by atoms with Crippen LogP contribution >= 0.6 is 11.6 Å². The van der Waals surface area contributed by atoms with Gasteiger partial charge < -0.3 is 10.1 Å². The van der Waals surface area contributed by atoms with Crippen LogP contribution in [0, 0.1) is 0 Å². The molecule has 2 aromatic rings. The van der Waals surface area contributed by atoms with Gasteiger partial charge in [-0.25, -0.2) is 8.42 Å². The molecule has 0 spiro atoms. The molecule has 1 amide bonds. The van der Waals surface area contributed by atoms with Crippen molar-refractivity contribution in [2.45, 2.75) is 30.7 Å². The number of benzene rings is 2. The molecule has 0 radical (unpaired) electrons. The SMILES string of the molecule is CCOc1ccc(S(=O)(=O)N2CCC[C@H]2C(=O)Nc2ccc(Cl)cc2)cc1. The average molecular weight is 409 g/mol. The van der Waals surface area contributed by atoms with Crippen molar-refractivity contribution in [2.75, 3.05) is 18.5 Å². The summed E-state index contributed by atoms with van der Waals surface area (Å²) < 4.78 is 32.6. The van der Waals surface area contributed by atoms with Crippen molar-refractivity contribution in [3.63, 3.8) is 0 Å². The van der Waals surface area contributed by atoms with Gasteiger partial charge in [0.1, 0.15) is 11.8 Å². The first-order valence-electron chi connectivity index (χ1n) is 8.73. The van der Waals surface area contributed by atoms with E-state index in [0.29, 0.717) is 42.5 Å². The van der Waals surface area contributed by atoms with Gasteiger partial charge in [-0.1, -0.05) is 11.6 Å². The number of rotatable bonds is 6. The molecule has 1 saturated heterocycles. The van der Waals surface area contributed by atoms with Gasteiger partial charge >= 0.3 is 0 Å². The summed E-state index contributed by atoms with van der Waals surface area (Å²) in [5, 5.41) is 3.33. The molecule has 2 aromatic carbocycles. The fraction of sp³-hybridized carbons (Fsp3) is 0.316. The summed E-state index contributed by atoms with van der Waals surface area (Å²) in [6, 6.07) is 12.2. The van der Waals surface area contributed by atoms with E-state index in [1.54, 1.807) is 36.4 Å². The number of carbonyl (C=O) groups excluding carboxylic acids is 1. The molecule has 144 valence electrons. The Morgan fingerprint density at radius 2 is 1.85 bits per heavy atom. The van der Waals surface area contributed by atoms with Crippen molar-refractivity contribution in [2.24, 2.45) is 0 Å². The van der Waals surface area contributed by atoms with E-state index in [0.717, 1.165) is 0 Å². The predicted octanol–water partition coefficient (Wildman–Crippen LogP) is 3.53. The number of nitrogens with zero attached hydrogens (tertiary/aromatic N) is 1. The molecule has 0 bridgehead atoms. The van der Waals surface area contributed by atoms with E-state index in [1.165, 1.54) is 16.4 Å². The van der Waals surface area contributed by atoms with Gasteiger partial charge in [0.05, 0.1) is 11.5 Å². The molecule has 0 unspecified atom stereocenters. The van der Waals surface area contributed by atoms with Crippen LogP contribution < -0.4 is 10.1 Å². The Morgan fingerprint density at radius 1 is 1.19 bits per heavy atom. The molecule has 0 saturated carbocycles. The topological polar surface area (TPSA) is 75.7 Å². The summed E-state index contributed by atoms with van der Waals surface area (Å²) in [5.74, 6) is 0.263. The van der Waals surface area contributed by atoms with Crippen molar-refractivity contribution >= 4 is 33.2 Å². The van der Waals surface area contributed by atoms with Gasteiger partial charge in [-0.05, 0) is 68.3 Å². The highest BCUT2D eigenvalue weighted by molar-refractivity contribution is 7.89. The molecular formula is C19H21ClN2O4S.